The molecule has 1 N–H and O–H groups in total. The van der Waals surface area contributed by atoms with Crippen LogP contribution >= 0.6 is 0 Å². The molecule has 0 bridgehead atoms. The Morgan fingerprint density at radius 2 is 2.00 bits per heavy atom. The topological polar surface area (TPSA) is 12.0 Å². The molecule has 0 fully saturated rings. The molecule has 0 saturated heterocycles. The fraction of sp³-hybridized carbons (Fsp3) is 0.800. The minimum Gasteiger partial charge on any atom is -0.314 e. The quantitative estimate of drug-likeness (QED) is 0.277. The molecule has 13 heavy (non-hydrogen) atoms. The summed E-state index contributed by atoms with van der Waals surface area (Å²) >= 11 is 0. The van der Waals surface area contributed by atoms with Crippen molar-refractivity contribution in [3.63, 3.8) is 0 Å². The van der Waals surface area contributed by atoms with E-state index in [1.165, 1.54) is 0 Å². The van der Waals surface area contributed by atoms with E-state index in [0.29, 0.717) is 0 Å². The van der Waals surface area contributed by atoms with Crippen molar-refractivity contribution in [2.24, 2.45) is 0 Å². The molecule has 0 aliphatic heterocycles. The second-order valence-electron chi connectivity index (χ2n) is 3.45. The lowest BCUT2D eigenvalue weighted by Gasteiger charge is -2.18. The maximum atomic E-state index is 13.9. The third kappa shape index (κ3) is 5.99. The van der Waals surface area contributed by atoms with Crippen molar-refractivity contribution in [3.05, 3.63) is 12.7 Å². The fourth-order valence-electron chi connectivity index (χ4n) is 1.34. The molecule has 0 unspecified atom stereocenters. The first-order valence-electron chi connectivity index (χ1n) is 5.19. The Labute approximate surface area is 82.6 Å². The van der Waals surface area contributed by atoms with Gasteiger partial charge in [0.25, 0.3) is 0 Å². The summed E-state index contributed by atoms with van der Waals surface area (Å²) in [5.74, 6) is 0. The van der Waals surface area contributed by atoms with Crippen LogP contribution in [0.3, 0.4) is 0 Å². The zero-order chi connectivity index (χ0) is 10.2. The molecule has 0 spiro atoms. The van der Waals surface area contributed by atoms with Gasteiger partial charge in [0.15, 0.2) is 0 Å². The zero-order valence-electron chi connectivity index (χ0n) is 8.91. The van der Waals surface area contributed by atoms with Crippen LogP contribution in [0.2, 0.25) is 18.1 Å². The number of halogens is 1. The lowest BCUT2D eigenvalue weighted by atomic mass is 10.4. The third-order valence-corrected chi connectivity index (χ3v) is 6.32. The molecule has 0 atom stereocenters. The molecule has 0 aromatic heterocycles. The highest BCUT2D eigenvalue weighted by Crippen LogP contribution is 2.22. The molecule has 0 aliphatic rings. The van der Waals surface area contributed by atoms with Crippen LogP contribution in [0.15, 0.2) is 12.7 Å². The minimum atomic E-state index is -2.32. The van der Waals surface area contributed by atoms with Gasteiger partial charge in [0.1, 0.15) is 0 Å². The van der Waals surface area contributed by atoms with Gasteiger partial charge in [-0.3, -0.25) is 0 Å². The highest BCUT2D eigenvalue weighted by Gasteiger charge is 2.28. The van der Waals surface area contributed by atoms with Crippen molar-refractivity contribution in [1.82, 2.24) is 5.32 Å². The van der Waals surface area contributed by atoms with Gasteiger partial charge in [-0.05, 0) is 31.1 Å². The smallest absolute Gasteiger partial charge is 0.246 e. The van der Waals surface area contributed by atoms with Crippen LogP contribution in [-0.2, 0) is 0 Å². The second kappa shape index (κ2) is 7.27. The van der Waals surface area contributed by atoms with Crippen LogP contribution in [0.4, 0.5) is 4.11 Å². The molecule has 0 aliphatic carbocycles. The molecule has 3 heteroatoms. The summed E-state index contributed by atoms with van der Waals surface area (Å²) in [5, 5.41) is 3.19. The maximum Gasteiger partial charge on any atom is 0.246 e. The summed E-state index contributed by atoms with van der Waals surface area (Å²) in [5.41, 5.74) is 0. The van der Waals surface area contributed by atoms with Gasteiger partial charge in [-0.1, -0.05) is 19.9 Å². The highest BCUT2D eigenvalue weighted by molar-refractivity contribution is 6.73. The van der Waals surface area contributed by atoms with Gasteiger partial charge in [0, 0.05) is 6.54 Å². The summed E-state index contributed by atoms with van der Waals surface area (Å²) < 4.78 is 13.9. The van der Waals surface area contributed by atoms with E-state index in [1.54, 1.807) is 0 Å². The summed E-state index contributed by atoms with van der Waals surface area (Å²) in [6.45, 7) is 9.32. The average molecular weight is 203 g/mol. The molecular formula is C10H22FNSi. The van der Waals surface area contributed by atoms with E-state index in [9.17, 15) is 4.11 Å². The van der Waals surface area contributed by atoms with Gasteiger partial charge in [0.2, 0.25) is 8.41 Å². The van der Waals surface area contributed by atoms with Crippen LogP contribution in [-0.4, -0.2) is 21.5 Å². The molecule has 0 radical (unpaired) electrons. The van der Waals surface area contributed by atoms with Gasteiger partial charge < -0.3 is 9.42 Å². The normalized spacial score (nSPS) is 11.6. The van der Waals surface area contributed by atoms with Crippen molar-refractivity contribution in [2.75, 3.05) is 13.1 Å². The van der Waals surface area contributed by atoms with Gasteiger partial charge >= 0.3 is 0 Å². The molecule has 0 rings (SSSR count). The van der Waals surface area contributed by atoms with Crippen LogP contribution < -0.4 is 5.32 Å². The predicted molar refractivity (Wildman–Crippen MR) is 60.3 cm³/mol. The summed E-state index contributed by atoms with van der Waals surface area (Å²) in [6.07, 6.45) is 2.80. The van der Waals surface area contributed by atoms with E-state index < -0.39 is 8.41 Å². The number of hydrogen-bond acceptors (Lipinski definition) is 1. The van der Waals surface area contributed by atoms with Crippen LogP contribution in [0.5, 0.6) is 0 Å². The predicted octanol–water partition coefficient (Wildman–Crippen LogP) is 3.11. The Kier molecular flexibility index (Phi) is 7.18. The summed E-state index contributed by atoms with van der Waals surface area (Å²) in [7, 11) is -2.32. The molecule has 78 valence electrons. The van der Waals surface area contributed by atoms with Crippen molar-refractivity contribution in [2.45, 2.75) is 38.4 Å². The Morgan fingerprint density at radius 1 is 1.38 bits per heavy atom. The molecule has 0 aromatic rings. The van der Waals surface area contributed by atoms with Gasteiger partial charge in [0.05, 0.1) is 0 Å². The van der Waals surface area contributed by atoms with Crippen LogP contribution in [0.1, 0.15) is 20.3 Å². The lowest BCUT2D eigenvalue weighted by Crippen LogP contribution is -2.27. The Morgan fingerprint density at radius 3 is 2.46 bits per heavy atom. The van der Waals surface area contributed by atoms with Gasteiger partial charge in [-0.15, -0.1) is 6.58 Å². The Hall–Kier alpha value is -0.153. The fourth-order valence-corrected chi connectivity index (χ4v) is 3.36. The van der Waals surface area contributed by atoms with Gasteiger partial charge in [-0.2, -0.15) is 0 Å². The largest absolute Gasteiger partial charge is 0.314 e. The standard InChI is InChI=1S/C10H22FNSi/c1-4-8-12-9-7-10-13(11,5-2)6-3/h4,12H,1,5-10H2,2-3H3. The van der Waals surface area contributed by atoms with Crippen molar-refractivity contribution in [3.8, 4) is 0 Å². The molecule has 0 amide bonds. The summed E-state index contributed by atoms with van der Waals surface area (Å²) in [4.78, 5) is 0. The van der Waals surface area contributed by atoms with E-state index in [4.69, 9.17) is 0 Å². The monoisotopic (exact) mass is 203 g/mol. The number of hydrogen-bond donors (Lipinski definition) is 1. The zero-order valence-corrected chi connectivity index (χ0v) is 9.91. The maximum absolute atomic E-state index is 13.9. The molecule has 1 nitrogen and oxygen atoms in total. The van der Waals surface area contributed by atoms with E-state index in [0.717, 1.165) is 37.6 Å². The van der Waals surface area contributed by atoms with Crippen molar-refractivity contribution >= 4 is 8.41 Å². The van der Waals surface area contributed by atoms with Crippen LogP contribution in [0.25, 0.3) is 0 Å². The van der Waals surface area contributed by atoms with E-state index in [1.807, 2.05) is 19.9 Å². The van der Waals surface area contributed by atoms with Crippen LogP contribution in [0, 0.1) is 0 Å². The SMILES string of the molecule is C=CCNCCC[Si](F)(CC)CC. The minimum absolute atomic E-state index is 0.769. The van der Waals surface area contributed by atoms with E-state index >= 15 is 0 Å². The number of nitrogens with one attached hydrogen (secondary N) is 1. The molecule has 0 aromatic carbocycles. The first kappa shape index (κ1) is 12.8. The average Bonchev–Trinajstić information content (AvgIpc) is 2.17. The molecule has 0 saturated carbocycles. The van der Waals surface area contributed by atoms with Gasteiger partial charge in [-0.25, -0.2) is 0 Å². The Bertz CT molecular complexity index is 135. The summed E-state index contributed by atoms with van der Waals surface area (Å²) in [6, 6.07) is 2.35. The lowest BCUT2D eigenvalue weighted by molar-refractivity contribution is 0.682. The highest BCUT2D eigenvalue weighted by atomic mass is 28.4. The number of rotatable bonds is 8. The molecule has 0 heterocycles. The Balaban J connectivity index is 3.44. The van der Waals surface area contributed by atoms with Crippen molar-refractivity contribution < 1.29 is 4.11 Å². The first-order chi connectivity index (χ1) is 6.18. The first-order valence-corrected chi connectivity index (χ1v) is 7.69. The van der Waals surface area contributed by atoms with E-state index in [2.05, 4.69) is 11.9 Å². The van der Waals surface area contributed by atoms with E-state index in [-0.39, 0.29) is 0 Å². The van der Waals surface area contributed by atoms with Crippen molar-refractivity contribution in [1.29, 1.82) is 0 Å². The third-order valence-electron chi connectivity index (χ3n) is 2.53. The second-order valence-corrected chi connectivity index (χ2v) is 7.67. The molecular weight excluding hydrogens is 181 g/mol.